The Hall–Kier alpha value is -4.27. The normalized spacial score (nSPS) is 15.3. The van der Waals surface area contributed by atoms with Gasteiger partial charge in [0, 0.05) is 23.8 Å². The van der Waals surface area contributed by atoms with E-state index in [2.05, 4.69) is 50.3 Å². The Morgan fingerprint density at radius 2 is 1.83 bits per heavy atom. The van der Waals surface area contributed by atoms with Crippen molar-refractivity contribution >= 4 is 39.3 Å². The number of sulfonamides is 1. The predicted molar refractivity (Wildman–Crippen MR) is 158 cm³/mol. The maximum absolute atomic E-state index is 13.2. The van der Waals surface area contributed by atoms with Crippen LogP contribution in [0.15, 0.2) is 89.0 Å². The zero-order valence-electron chi connectivity index (χ0n) is 22.3. The fraction of sp³-hybridized carbons (Fsp3) is 0.233. The molecule has 41 heavy (non-hydrogen) atoms. The highest BCUT2D eigenvalue weighted by atomic mass is 32.2. The van der Waals surface area contributed by atoms with E-state index in [0.717, 1.165) is 30.5 Å². The third-order valence-electron chi connectivity index (χ3n) is 6.88. The van der Waals surface area contributed by atoms with Crippen molar-refractivity contribution in [2.24, 2.45) is 0 Å². The molecule has 4 aromatic rings. The molecule has 208 valence electrons. The van der Waals surface area contributed by atoms with Gasteiger partial charge in [-0.05, 0) is 79.1 Å². The van der Waals surface area contributed by atoms with Crippen molar-refractivity contribution in [3.63, 3.8) is 0 Å². The number of carbonyl (C=O) groups excluding carboxylic acids is 1. The lowest BCUT2D eigenvalue weighted by Crippen LogP contribution is -2.25. The summed E-state index contributed by atoms with van der Waals surface area (Å²) < 4.78 is 27.6. The molecule has 0 aliphatic heterocycles. The molecule has 5 rings (SSSR count). The standard InChI is InChI=1S/C30H28N6O3S2/c1-2-27(28(37)34-24-10-12-25(13-11-24)41(38,39)36-30-32-15-6-16-33-30)40-29-23(19-31)18-22-17-21(9-14-26(22)35-29)20-7-4-3-5-8-20/h3-8,10-13,15-16,18,21,27H,2,9,14,17H2,1H3,(H,34,37)(H,32,33,36). The molecule has 2 N–H and O–H groups in total. The van der Waals surface area contributed by atoms with Gasteiger partial charge in [-0.2, -0.15) is 5.26 Å². The molecule has 1 aliphatic carbocycles. The van der Waals surface area contributed by atoms with Gasteiger partial charge in [0.15, 0.2) is 0 Å². The van der Waals surface area contributed by atoms with Crippen molar-refractivity contribution in [1.29, 1.82) is 5.26 Å². The average Bonchev–Trinajstić information content (AvgIpc) is 3.00. The number of nitriles is 1. The number of aryl methyl sites for hydroxylation is 1. The van der Waals surface area contributed by atoms with Gasteiger partial charge in [-0.15, -0.1) is 0 Å². The number of rotatable bonds is 9. The van der Waals surface area contributed by atoms with Gasteiger partial charge >= 0.3 is 0 Å². The third kappa shape index (κ3) is 6.73. The number of hydrogen-bond acceptors (Lipinski definition) is 8. The maximum atomic E-state index is 13.2. The molecule has 1 amide bonds. The molecule has 0 radical (unpaired) electrons. The molecular weight excluding hydrogens is 557 g/mol. The molecule has 1 aliphatic rings. The highest BCUT2D eigenvalue weighted by Crippen LogP contribution is 2.36. The molecule has 0 bridgehead atoms. The summed E-state index contributed by atoms with van der Waals surface area (Å²) in [6, 6.07) is 22.0. The molecule has 11 heteroatoms. The number of nitrogens with zero attached hydrogens (tertiary/aromatic N) is 4. The lowest BCUT2D eigenvalue weighted by molar-refractivity contribution is -0.115. The van der Waals surface area contributed by atoms with Gasteiger partial charge in [-0.25, -0.2) is 28.1 Å². The molecule has 0 spiro atoms. The Balaban J connectivity index is 1.26. The summed E-state index contributed by atoms with van der Waals surface area (Å²) in [7, 11) is -3.89. The van der Waals surface area contributed by atoms with Crippen LogP contribution in [0.2, 0.25) is 0 Å². The van der Waals surface area contributed by atoms with Crippen LogP contribution in [0.25, 0.3) is 0 Å². The summed E-state index contributed by atoms with van der Waals surface area (Å²) in [4.78, 5) is 25.8. The first kappa shape index (κ1) is 28.3. The van der Waals surface area contributed by atoms with Crippen LogP contribution >= 0.6 is 11.8 Å². The Kier molecular flexibility index (Phi) is 8.61. The van der Waals surface area contributed by atoms with Crippen LogP contribution in [0, 0.1) is 11.3 Å². The Morgan fingerprint density at radius 3 is 2.51 bits per heavy atom. The monoisotopic (exact) mass is 584 g/mol. The second-order valence-electron chi connectivity index (χ2n) is 9.62. The van der Waals surface area contributed by atoms with Crippen molar-refractivity contribution < 1.29 is 13.2 Å². The van der Waals surface area contributed by atoms with E-state index >= 15 is 0 Å². The Bertz CT molecular complexity index is 1680. The minimum Gasteiger partial charge on any atom is -0.325 e. The quantitative estimate of drug-likeness (QED) is 0.252. The van der Waals surface area contributed by atoms with Gasteiger partial charge in [-0.1, -0.05) is 49.0 Å². The van der Waals surface area contributed by atoms with Crippen molar-refractivity contribution in [2.75, 3.05) is 10.0 Å². The first-order chi connectivity index (χ1) is 19.9. The average molecular weight is 585 g/mol. The van der Waals surface area contributed by atoms with Crippen molar-refractivity contribution in [3.05, 3.63) is 102 Å². The van der Waals surface area contributed by atoms with E-state index in [1.165, 1.54) is 54.0 Å². The van der Waals surface area contributed by atoms with E-state index in [1.54, 1.807) is 6.07 Å². The molecule has 2 unspecified atom stereocenters. The molecule has 9 nitrogen and oxygen atoms in total. The predicted octanol–water partition coefficient (Wildman–Crippen LogP) is 5.33. The van der Waals surface area contributed by atoms with Crippen LogP contribution in [-0.2, 0) is 27.7 Å². The number of aromatic nitrogens is 3. The van der Waals surface area contributed by atoms with Gasteiger partial charge in [-0.3, -0.25) is 4.79 Å². The maximum Gasteiger partial charge on any atom is 0.264 e. The summed E-state index contributed by atoms with van der Waals surface area (Å²) in [5, 5.41) is 12.8. The van der Waals surface area contributed by atoms with Gasteiger partial charge in [0.2, 0.25) is 11.9 Å². The lowest BCUT2D eigenvalue weighted by Gasteiger charge is -2.25. The molecule has 0 fully saturated rings. The summed E-state index contributed by atoms with van der Waals surface area (Å²) in [6.07, 6.45) is 6.03. The molecular formula is C30H28N6O3S2. The SMILES string of the molecule is CCC(Sc1nc2c(cc1C#N)CC(c1ccccc1)CC2)C(=O)Nc1ccc(S(=O)(=O)Nc2ncccn2)cc1. The fourth-order valence-electron chi connectivity index (χ4n) is 4.75. The third-order valence-corrected chi connectivity index (χ3v) is 9.59. The van der Waals surface area contributed by atoms with Crippen LogP contribution in [0.1, 0.15) is 48.1 Å². The number of pyridine rings is 1. The zero-order chi connectivity index (χ0) is 28.8. The summed E-state index contributed by atoms with van der Waals surface area (Å²) in [6.45, 7) is 1.90. The molecule has 2 atom stereocenters. The van der Waals surface area contributed by atoms with E-state index in [-0.39, 0.29) is 16.8 Å². The molecule has 0 saturated carbocycles. The van der Waals surface area contributed by atoms with E-state index in [4.69, 9.17) is 4.98 Å². The Labute approximate surface area is 243 Å². The molecule has 2 aromatic carbocycles. The summed E-state index contributed by atoms with van der Waals surface area (Å²) in [5.74, 6) is 0.112. The van der Waals surface area contributed by atoms with E-state index in [9.17, 15) is 18.5 Å². The van der Waals surface area contributed by atoms with Crippen LogP contribution in [0.4, 0.5) is 11.6 Å². The number of benzene rings is 2. The topological polar surface area (TPSA) is 138 Å². The lowest BCUT2D eigenvalue weighted by atomic mass is 9.82. The number of anilines is 2. The van der Waals surface area contributed by atoms with Crippen molar-refractivity contribution in [1.82, 2.24) is 15.0 Å². The second kappa shape index (κ2) is 12.5. The van der Waals surface area contributed by atoms with E-state index < -0.39 is 15.3 Å². The number of amides is 1. The summed E-state index contributed by atoms with van der Waals surface area (Å²) >= 11 is 1.28. The van der Waals surface area contributed by atoms with Gasteiger partial charge in [0.1, 0.15) is 11.1 Å². The largest absolute Gasteiger partial charge is 0.325 e. The highest BCUT2D eigenvalue weighted by Gasteiger charge is 2.26. The van der Waals surface area contributed by atoms with Crippen LogP contribution in [-0.4, -0.2) is 34.5 Å². The van der Waals surface area contributed by atoms with Crippen molar-refractivity contribution in [2.45, 2.75) is 53.7 Å². The smallest absolute Gasteiger partial charge is 0.264 e. The van der Waals surface area contributed by atoms with Crippen LogP contribution < -0.4 is 10.0 Å². The zero-order valence-corrected chi connectivity index (χ0v) is 24.0. The first-order valence-electron chi connectivity index (χ1n) is 13.2. The van der Waals surface area contributed by atoms with Gasteiger partial charge in [0.05, 0.1) is 15.7 Å². The highest BCUT2D eigenvalue weighted by molar-refractivity contribution is 8.00. The number of thioether (sulfide) groups is 1. The van der Waals surface area contributed by atoms with E-state index in [1.807, 2.05) is 19.1 Å². The number of nitrogens with one attached hydrogen (secondary N) is 2. The van der Waals surface area contributed by atoms with Gasteiger partial charge in [0.25, 0.3) is 10.0 Å². The number of carbonyl (C=O) groups is 1. The Morgan fingerprint density at radius 1 is 1.10 bits per heavy atom. The molecule has 2 heterocycles. The molecule has 2 aromatic heterocycles. The fourth-order valence-corrected chi connectivity index (χ4v) is 6.71. The number of hydrogen-bond donors (Lipinski definition) is 2. The van der Waals surface area contributed by atoms with E-state index in [0.29, 0.717) is 28.6 Å². The first-order valence-corrected chi connectivity index (χ1v) is 15.6. The molecule has 0 saturated heterocycles. The number of fused-ring (bicyclic) bond motifs is 1. The minimum absolute atomic E-state index is 0.00999. The van der Waals surface area contributed by atoms with Crippen molar-refractivity contribution in [3.8, 4) is 6.07 Å². The van der Waals surface area contributed by atoms with Crippen LogP contribution in [0.5, 0.6) is 0 Å². The second-order valence-corrected chi connectivity index (χ2v) is 12.5. The van der Waals surface area contributed by atoms with Crippen LogP contribution in [0.3, 0.4) is 0 Å². The van der Waals surface area contributed by atoms with Gasteiger partial charge < -0.3 is 5.32 Å². The minimum atomic E-state index is -3.89. The summed E-state index contributed by atoms with van der Waals surface area (Å²) in [5.41, 5.74) is 4.30.